The van der Waals surface area contributed by atoms with Crippen molar-refractivity contribution < 1.29 is 53.4 Å². The molecule has 0 fully saturated rings. The Morgan fingerprint density at radius 1 is 0.694 bits per heavy atom. The fourth-order valence-corrected chi connectivity index (χ4v) is 2.33. The molecule has 0 spiro atoms. The van der Waals surface area contributed by atoms with E-state index in [0.29, 0.717) is 13.8 Å². The van der Waals surface area contributed by atoms with Gasteiger partial charge < -0.3 is 15.2 Å². The van der Waals surface area contributed by atoms with Crippen LogP contribution in [0.4, 0.5) is 43.9 Å². The van der Waals surface area contributed by atoms with Crippen LogP contribution in [-0.4, -0.2) is 36.4 Å². The smallest absolute Gasteiger partial charge is 0.457 e. The monoisotopic (exact) mass is 534 g/mol. The molecule has 36 heavy (non-hydrogen) atoms. The van der Waals surface area contributed by atoms with Crippen LogP contribution in [0.25, 0.3) is 0 Å². The van der Waals surface area contributed by atoms with Gasteiger partial charge in [0.05, 0.1) is 11.6 Å². The molecule has 0 radical (unpaired) electrons. The zero-order valence-electron chi connectivity index (χ0n) is 18.6. The number of rotatable bonds is 7. The lowest BCUT2D eigenvalue weighted by Gasteiger charge is -2.26. The van der Waals surface area contributed by atoms with Crippen molar-refractivity contribution in [2.45, 2.75) is 56.8 Å². The van der Waals surface area contributed by atoms with Gasteiger partial charge >= 0.3 is 24.2 Å². The van der Waals surface area contributed by atoms with Crippen LogP contribution in [0.15, 0.2) is 48.5 Å². The summed E-state index contributed by atoms with van der Waals surface area (Å²) in [5.74, 6) is -10.1. The van der Waals surface area contributed by atoms with Crippen molar-refractivity contribution in [3.63, 3.8) is 0 Å². The zero-order chi connectivity index (χ0) is 27.9. The van der Waals surface area contributed by atoms with Crippen molar-refractivity contribution in [1.82, 2.24) is 0 Å². The van der Waals surface area contributed by atoms with Gasteiger partial charge in [-0.15, -0.1) is 0 Å². The van der Waals surface area contributed by atoms with Crippen molar-refractivity contribution >= 4 is 0 Å². The molecule has 2 unspecified atom stereocenters. The first-order valence-electron chi connectivity index (χ1n) is 9.88. The van der Waals surface area contributed by atoms with Gasteiger partial charge in [0.25, 0.3) is 0 Å². The number of nitrogens with zero attached hydrogens (tertiary/aromatic N) is 1. The predicted molar refractivity (Wildman–Crippen MR) is 108 cm³/mol. The lowest BCUT2D eigenvalue weighted by atomic mass is 10.2. The topological polar surface area (TPSA) is 68.3 Å². The summed E-state index contributed by atoms with van der Waals surface area (Å²) in [6.07, 6.45) is -16.0. The number of alkyl halides is 10. The Hall–Kier alpha value is -3.21. The van der Waals surface area contributed by atoms with Crippen molar-refractivity contribution in [2.24, 2.45) is 5.73 Å². The fraction of sp³-hybridized carbons (Fsp3) is 0.409. The van der Waals surface area contributed by atoms with E-state index in [-0.39, 0.29) is 23.6 Å². The van der Waals surface area contributed by atoms with E-state index in [1.54, 1.807) is 6.07 Å². The van der Waals surface area contributed by atoms with E-state index in [1.165, 1.54) is 36.4 Å². The number of nitriles is 1. The molecule has 0 aliphatic heterocycles. The molecule has 2 aromatic rings. The Kier molecular flexibility index (Phi) is 10.0. The van der Waals surface area contributed by atoms with Gasteiger partial charge in [-0.05, 0) is 55.8 Å². The van der Waals surface area contributed by atoms with Crippen molar-refractivity contribution in [3.05, 3.63) is 59.7 Å². The number of ether oxygens (including phenoxy) is 2. The molecule has 200 valence electrons. The summed E-state index contributed by atoms with van der Waals surface area (Å²) in [6, 6.07) is 12.2. The highest BCUT2D eigenvalue weighted by Crippen LogP contribution is 2.40. The summed E-state index contributed by atoms with van der Waals surface area (Å²) in [5.41, 5.74) is 6.29. The van der Waals surface area contributed by atoms with Crippen LogP contribution in [-0.2, 0) is 6.54 Å². The quantitative estimate of drug-likeness (QED) is 0.405. The maximum atomic E-state index is 12.9. The molecule has 4 nitrogen and oxygen atoms in total. The molecule has 2 aromatic carbocycles. The summed E-state index contributed by atoms with van der Waals surface area (Å²) >= 11 is 0. The fourth-order valence-electron chi connectivity index (χ4n) is 2.33. The second kappa shape index (κ2) is 11.7. The Balaban J connectivity index is 0.000000360. The molecule has 0 aromatic heterocycles. The number of nitrogens with two attached hydrogens (primary N) is 1. The van der Waals surface area contributed by atoms with E-state index in [2.05, 4.69) is 9.47 Å². The van der Waals surface area contributed by atoms with Gasteiger partial charge in [0, 0.05) is 6.54 Å². The van der Waals surface area contributed by atoms with Gasteiger partial charge in [0.1, 0.15) is 11.5 Å². The molecule has 0 heterocycles. The molecule has 2 atom stereocenters. The van der Waals surface area contributed by atoms with E-state index in [9.17, 15) is 43.9 Å². The van der Waals surface area contributed by atoms with Gasteiger partial charge in [-0.3, -0.25) is 0 Å². The summed E-state index contributed by atoms with van der Waals surface area (Å²) in [7, 11) is 0. The first-order chi connectivity index (χ1) is 16.4. The van der Waals surface area contributed by atoms with Crippen LogP contribution in [0.2, 0.25) is 0 Å². The summed E-state index contributed by atoms with van der Waals surface area (Å²) in [5, 5.41) is 8.49. The van der Waals surface area contributed by atoms with Crippen LogP contribution in [0.5, 0.6) is 11.5 Å². The normalized spacial score (nSPS) is 14.1. The minimum atomic E-state index is -5.67. The first-order valence-corrected chi connectivity index (χ1v) is 9.88. The highest BCUT2D eigenvalue weighted by atomic mass is 19.4. The second-order valence-corrected chi connectivity index (χ2v) is 7.25. The third kappa shape index (κ3) is 7.91. The molecule has 0 aliphatic carbocycles. The molecule has 0 amide bonds. The Bertz CT molecular complexity index is 998. The van der Waals surface area contributed by atoms with E-state index in [0.717, 1.165) is 17.7 Å². The van der Waals surface area contributed by atoms with Crippen LogP contribution in [0, 0.1) is 11.3 Å². The number of hydrogen-bond acceptors (Lipinski definition) is 4. The minimum Gasteiger partial charge on any atom is -0.484 e. The largest absolute Gasteiger partial charge is 0.484 e. The summed E-state index contributed by atoms with van der Waals surface area (Å²) in [4.78, 5) is 0. The minimum absolute atomic E-state index is 0.0661. The molecular formula is C22H20F10N2O2. The van der Waals surface area contributed by atoms with Crippen LogP contribution < -0.4 is 15.2 Å². The molecular weight excluding hydrogens is 514 g/mol. The third-order valence-electron chi connectivity index (χ3n) is 4.55. The summed E-state index contributed by atoms with van der Waals surface area (Å²) in [6.45, 7) is 1.55. The van der Waals surface area contributed by atoms with Crippen LogP contribution >= 0.6 is 0 Å². The molecule has 2 N–H and O–H groups in total. The van der Waals surface area contributed by atoms with Gasteiger partial charge in [0.15, 0.2) is 12.2 Å². The number of hydrogen-bond donors (Lipinski definition) is 1. The zero-order valence-corrected chi connectivity index (χ0v) is 18.6. The molecule has 0 saturated heterocycles. The van der Waals surface area contributed by atoms with Gasteiger partial charge in [-0.25, -0.2) is 0 Å². The van der Waals surface area contributed by atoms with E-state index < -0.39 is 36.4 Å². The molecule has 0 bridgehead atoms. The molecule has 0 aliphatic rings. The third-order valence-corrected chi connectivity index (χ3v) is 4.55. The lowest BCUT2D eigenvalue weighted by Crippen LogP contribution is -2.48. The molecule has 14 heteroatoms. The van der Waals surface area contributed by atoms with E-state index in [4.69, 9.17) is 11.0 Å². The van der Waals surface area contributed by atoms with Gasteiger partial charge in [-0.2, -0.15) is 49.2 Å². The van der Waals surface area contributed by atoms with E-state index >= 15 is 0 Å². The molecule has 0 saturated carbocycles. The number of benzene rings is 2. The van der Waals surface area contributed by atoms with Crippen molar-refractivity contribution in [2.75, 3.05) is 0 Å². The van der Waals surface area contributed by atoms with E-state index in [1.807, 2.05) is 0 Å². The SMILES string of the molecule is CC(Oc1ccc(C#N)cc1)C(F)(F)C(F)(F)F.CC(Oc1ccc(CN)cc1)C(F)(F)C(F)(F)F. The van der Waals surface area contributed by atoms with Gasteiger partial charge in [-0.1, -0.05) is 12.1 Å². The molecule has 2 rings (SSSR count). The van der Waals surface area contributed by atoms with Crippen LogP contribution in [0.3, 0.4) is 0 Å². The Morgan fingerprint density at radius 2 is 1.03 bits per heavy atom. The van der Waals surface area contributed by atoms with Crippen LogP contribution in [0.1, 0.15) is 25.0 Å². The average molecular weight is 534 g/mol. The highest BCUT2D eigenvalue weighted by molar-refractivity contribution is 5.34. The number of halogens is 10. The van der Waals surface area contributed by atoms with Gasteiger partial charge in [0.2, 0.25) is 0 Å². The summed E-state index contributed by atoms with van der Waals surface area (Å²) < 4.78 is 133. The predicted octanol–water partition coefficient (Wildman–Crippen LogP) is 6.63. The average Bonchev–Trinajstić information content (AvgIpc) is 2.79. The lowest BCUT2D eigenvalue weighted by molar-refractivity contribution is -0.306. The second-order valence-electron chi connectivity index (χ2n) is 7.25. The maximum absolute atomic E-state index is 12.9. The first kappa shape index (κ1) is 30.8. The standard InChI is InChI=1S/C11H12F5NO.C11H8F5NO/c2*1-7(10(12,13)11(14,15)16)18-9-4-2-8(6-17)3-5-9/h2-5,7H,6,17H2,1H3;2-5,7H,1H3. The van der Waals surface area contributed by atoms with Crippen molar-refractivity contribution in [1.29, 1.82) is 5.26 Å². The maximum Gasteiger partial charge on any atom is 0.457 e. The Labute approximate surface area is 199 Å². The Morgan fingerprint density at radius 3 is 1.31 bits per heavy atom. The van der Waals surface area contributed by atoms with Crippen molar-refractivity contribution in [3.8, 4) is 17.6 Å². The highest BCUT2D eigenvalue weighted by Gasteiger charge is 2.63.